The van der Waals surface area contributed by atoms with E-state index in [0.717, 1.165) is 21.8 Å². The largest absolute Gasteiger partial charge is 0.493 e. The lowest BCUT2D eigenvalue weighted by Gasteiger charge is -2.08. The number of rotatable bonds is 9. The Bertz CT molecular complexity index is 1140. The van der Waals surface area contributed by atoms with Gasteiger partial charge in [-0.2, -0.15) is 0 Å². The van der Waals surface area contributed by atoms with Gasteiger partial charge in [0.25, 0.3) is 11.8 Å². The van der Waals surface area contributed by atoms with Crippen LogP contribution in [0.5, 0.6) is 5.88 Å². The second kappa shape index (κ2) is 11.0. The SMILES string of the molecule is CC(C)CCn1c(O)c(N=NC(=O)CCCNC(=O)c2ccccc2Br)c2ccccc21. The van der Waals surface area contributed by atoms with E-state index in [4.69, 9.17) is 0 Å². The first-order chi connectivity index (χ1) is 15.4. The van der Waals surface area contributed by atoms with Gasteiger partial charge in [0.05, 0.1) is 11.1 Å². The van der Waals surface area contributed by atoms with Gasteiger partial charge in [-0.3, -0.25) is 9.59 Å². The van der Waals surface area contributed by atoms with Crippen LogP contribution in [0.1, 0.15) is 43.5 Å². The molecule has 0 bridgehead atoms. The standard InChI is InChI=1S/C24H27BrN4O3/c1-16(2)13-15-29-20-11-6-4-9-18(20)22(24(29)32)28-27-21(30)12-7-14-26-23(31)17-8-3-5-10-19(17)25/h3-6,8-11,16,32H,7,12-15H2,1-2H3,(H,26,31). The van der Waals surface area contributed by atoms with E-state index < -0.39 is 5.91 Å². The average molecular weight is 499 g/mol. The van der Waals surface area contributed by atoms with Crippen molar-refractivity contribution in [2.45, 2.75) is 39.7 Å². The third kappa shape index (κ3) is 5.82. The van der Waals surface area contributed by atoms with Crippen LogP contribution in [0.4, 0.5) is 5.69 Å². The number of carbonyl (C=O) groups is 2. The minimum absolute atomic E-state index is 0.0177. The number of nitrogens with one attached hydrogen (secondary N) is 1. The van der Waals surface area contributed by atoms with Crippen LogP contribution >= 0.6 is 15.9 Å². The summed E-state index contributed by atoms with van der Waals surface area (Å²) in [5, 5.41) is 22.1. The van der Waals surface area contributed by atoms with Crippen LogP contribution < -0.4 is 5.32 Å². The maximum Gasteiger partial charge on any atom is 0.264 e. The summed E-state index contributed by atoms with van der Waals surface area (Å²) in [6.07, 6.45) is 1.50. The van der Waals surface area contributed by atoms with Gasteiger partial charge in [0.15, 0.2) is 5.69 Å². The number of aryl methyl sites for hydroxylation is 1. The Hall–Kier alpha value is -3.00. The molecule has 0 atom stereocenters. The first-order valence-electron chi connectivity index (χ1n) is 10.7. The van der Waals surface area contributed by atoms with Crippen LogP contribution in [0.2, 0.25) is 0 Å². The van der Waals surface area contributed by atoms with Gasteiger partial charge in [-0.05, 0) is 52.9 Å². The van der Waals surface area contributed by atoms with E-state index in [2.05, 4.69) is 45.3 Å². The lowest BCUT2D eigenvalue weighted by Crippen LogP contribution is -2.25. The van der Waals surface area contributed by atoms with Gasteiger partial charge in [-0.1, -0.05) is 44.2 Å². The van der Waals surface area contributed by atoms with Crippen LogP contribution in [0.3, 0.4) is 0 Å². The van der Waals surface area contributed by atoms with E-state index in [1.807, 2.05) is 34.9 Å². The summed E-state index contributed by atoms with van der Waals surface area (Å²) in [5.74, 6) is -0.0981. The molecular formula is C24H27BrN4O3. The summed E-state index contributed by atoms with van der Waals surface area (Å²) in [6, 6.07) is 14.7. The molecule has 0 radical (unpaired) electrons. The number of azo groups is 1. The zero-order valence-electron chi connectivity index (χ0n) is 18.2. The molecule has 0 aliphatic heterocycles. The third-order valence-corrected chi connectivity index (χ3v) is 5.77. The fourth-order valence-electron chi connectivity index (χ4n) is 3.32. The number of aromatic nitrogens is 1. The van der Waals surface area contributed by atoms with Gasteiger partial charge in [0.1, 0.15) is 0 Å². The number of benzene rings is 2. The molecule has 2 N–H and O–H groups in total. The average Bonchev–Trinajstić information content (AvgIpc) is 3.04. The first-order valence-corrected chi connectivity index (χ1v) is 11.4. The molecule has 0 spiro atoms. The zero-order valence-corrected chi connectivity index (χ0v) is 19.8. The number of carbonyl (C=O) groups excluding carboxylic acids is 2. The van der Waals surface area contributed by atoms with Gasteiger partial charge in [-0.15, -0.1) is 10.2 Å². The highest BCUT2D eigenvalue weighted by atomic mass is 79.9. The Balaban J connectivity index is 1.59. The molecule has 0 saturated heterocycles. The second-order valence-electron chi connectivity index (χ2n) is 7.96. The molecule has 1 heterocycles. The van der Waals surface area contributed by atoms with Gasteiger partial charge < -0.3 is 15.0 Å². The highest BCUT2D eigenvalue weighted by Crippen LogP contribution is 2.39. The number of para-hydroxylation sites is 1. The monoisotopic (exact) mass is 498 g/mol. The fraction of sp³-hybridized carbons (Fsp3) is 0.333. The smallest absolute Gasteiger partial charge is 0.264 e. The lowest BCUT2D eigenvalue weighted by molar-refractivity contribution is -0.118. The molecule has 2 amide bonds. The van der Waals surface area contributed by atoms with E-state index in [9.17, 15) is 14.7 Å². The van der Waals surface area contributed by atoms with Gasteiger partial charge in [0, 0.05) is 29.4 Å². The molecule has 7 nitrogen and oxygen atoms in total. The predicted octanol–water partition coefficient (Wildman–Crippen LogP) is 5.98. The molecule has 2 aromatic carbocycles. The summed E-state index contributed by atoms with van der Waals surface area (Å²) in [4.78, 5) is 24.4. The van der Waals surface area contributed by atoms with E-state index >= 15 is 0 Å². The Morgan fingerprint density at radius 3 is 2.59 bits per heavy atom. The molecule has 0 saturated carbocycles. The van der Waals surface area contributed by atoms with Crippen molar-refractivity contribution in [3.8, 4) is 5.88 Å². The van der Waals surface area contributed by atoms with Crippen LogP contribution in [0.25, 0.3) is 10.9 Å². The predicted molar refractivity (Wildman–Crippen MR) is 128 cm³/mol. The molecular weight excluding hydrogens is 472 g/mol. The highest BCUT2D eigenvalue weighted by molar-refractivity contribution is 9.10. The quantitative estimate of drug-likeness (QED) is 0.280. The van der Waals surface area contributed by atoms with Gasteiger partial charge >= 0.3 is 0 Å². The molecule has 0 unspecified atom stereocenters. The minimum Gasteiger partial charge on any atom is -0.493 e. The number of nitrogens with zero attached hydrogens (tertiary/aromatic N) is 3. The molecule has 8 heteroatoms. The van der Waals surface area contributed by atoms with Crippen LogP contribution in [-0.2, 0) is 11.3 Å². The number of hydrogen-bond donors (Lipinski definition) is 2. The maximum absolute atomic E-state index is 12.2. The molecule has 1 aromatic heterocycles. The number of aromatic hydroxyl groups is 1. The number of halogens is 1. The van der Waals surface area contributed by atoms with Crippen molar-refractivity contribution in [3.05, 3.63) is 58.6 Å². The normalized spacial score (nSPS) is 11.5. The third-order valence-electron chi connectivity index (χ3n) is 5.08. The molecule has 0 aliphatic rings. The van der Waals surface area contributed by atoms with Crippen molar-refractivity contribution in [3.63, 3.8) is 0 Å². The van der Waals surface area contributed by atoms with Crippen LogP contribution in [0.15, 0.2) is 63.2 Å². The number of amides is 2. The summed E-state index contributed by atoms with van der Waals surface area (Å²) >= 11 is 3.35. The Kier molecular flexibility index (Phi) is 8.16. The van der Waals surface area contributed by atoms with Crippen molar-refractivity contribution < 1.29 is 14.7 Å². The van der Waals surface area contributed by atoms with E-state index in [1.165, 1.54) is 0 Å². The molecule has 3 aromatic rings. The zero-order chi connectivity index (χ0) is 23.1. The Morgan fingerprint density at radius 2 is 1.84 bits per heavy atom. The molecule has 0 aliphatic carbocycles. The summed E-state index contributed by atoms with van der Waals surface area (Å²) < 4.78 is 2.53. The number of hydrogen-bond acceptors (Lipinski definition) is 4. The molecule has 168 valence electrons. The Morgan fingerprint density at radius 1 is 1.12 bits per heavy atom. The number of fused-ring (bicyclic) bond motifs is 1. The summed E-state index contributed by atoms with van der Waals surface area (Å²) in [6.45, 7) is 5.26. The first kappa shape index (κ1) is 23.7. The van der Waals surface area contributed by atoms with E-state index in [1.54, 1.807) is 18.2 Å². The van der Waals surface area contributed by atoms with Crippen LogP contribution in [0, 0.1) is 5.92 Å². The van der Waals surface area contributed by atoms with Crippen molar-refractivity contribution in [1.29, 1.82) is 0 Å². The summed E-state index contributed by atoms with van der Waals surface area (Å²) in [5.41, 5.74) is 1.71. The summed E-state index contributed by atoms with van der Waals surface area (Å²) in [7, 11) is 0. The molecule has 3 rings (SSSR count). The fourth-order valence-corrected chi connectivity index (χ4v) is 3.79. The lowest BCUT2D eigenvalue weighted by atomic mass is 10.1. The van der Waals surface area contributed by atoms with Gasteiger partial charge in [0.2, 0.25) is 5.88 Å². The highest BCUT2D eigenvalue weighted by Gasteiger charge is 2.17. The van der Waals surface area contributed by atoms with Crippen molar-refractivity contribution in [2.75, 3.05) is 6.54 Å². The second-order valence-corrected chi connectivity index (χ2v) is 8.81. The Labute approximate surface area is 195 Å². The minimum atomic E-state index is -0.404. The maximum atomic E-state index is 12.2. The van der Waals surface area contributed by atoms with Crippen molar-refractivity contribution >= 4 is 44.3 Å². The molecule has 32 heavy (non-hydrogen) atoms. The molecule has 0 fully saturated rings. The van der Waals surface area contributed by atoms with Gasteiger partial charge in [-0.25, -0.2) is 0 Å². The topological polar surface area (TPSA) is 96.0 Å². The van der Waals surface area contributed by atoms with Crippen molar-refractivity contribution in [2.24, 2.45) is 16.1 Å². The van der Waals surface area contributed by atoms with E-state index in [-0.39, 0.29) is 18.2 Å². The van der Waals surface area contributed by atoms with Crippen molar-refractivity contribution in [1.82, 2.24) is 9.88 Å². The van der Waals surface area contributed by atoms with E-state index in [0.29, 0.717) is 36.7 Å². The van der Waals surface area contributed by atoms with Crippen LogP contribution in [-0.4, -0.2) is 28.0 Å².